The van der Waals surface area contributed by atoms with Crippen LogP contribution < -0.4 is 10.1 Å². The molecule has 0 spiro atoms. The van der Waals surface area contributed by atoms with Gasteiger partial charge in [0.1, 0.15) is 12.4 Å². The SMILES string of the molecule is COCCOC1CCC(NC(=O)c2cc3c(c(C)c2C)OCCn2cncc2-3)CC1. The molecule has 1 aromatic heterocycles. The minimum absolute atomic E-state index is 0.0162. The Labute approximate surface area is 177 Å². The number of imidazole rings is 1. The molecule has 2 aromatic rings. The van der Waals surface area contributed by atoms with Crippen molar-refractivity contribution >= 4 is 5.91 Å². The first-order valence-electron chi connectivity index (χ1n) is 10.8. The van der Waals surface area contributed by atoms with E-state index in [1.165, 1.54) is 0 Å². The van der Waals surface area contributed by atoms with E-state index >= 15 is 0 Å². The van der Waals surface area contributed by atoms with Crippen LogP contribution >= 0.6 is 0 Å². The molecule has 1 saturated carbocycles. The van der Waals surface area contributed by atoms with Crippen LogP contribution in [0, 0.1) is 13.8 Å². The van der Waals surface area contributed by atoms with Gasteiger partial charge in [0.25, 0.3) is 5.91 Å². The van der Waals surface area contributed by atoms with Gasteiger partial charge >= 0.3 is 0 Å². The lowest BCUT2D eigenvalue weighted by atomic mass is 9.91. The quantitative estimate of drug-likeness (QED) is 0.736. The topological polar surface area (TPSA) is 74.6 Å². The molecule has 7 nitrogen and oxygen atoms in total. The number of aromatic nitrogens is 2. The second-order valence-electron chi connectivity index (χ2n) is 8.18. The van der Waals surface area contributed by atoms with Crippen molar-refractivity contribution in [1.82, 2.24) is 14.9 Å². The Hall–Kier alpha value is -2.38. The molecule has 1 aliphatic carbocycles. The number of nitrogens with one attached hydrogen (secondary N) is 1. The summed E-state index contributed by atoms with van der Waals surface area (Å²) in [5.41, 5.74) is 4.63. The normalized spacial score (nSPS) is 20.6. The number of nitrogens with zero attached hydrogens (tertiary/aromatic N) is 2. The molecule has 0 radical (unpaired) electrons. The van der Waals surface area contributed by atoms with E-state index in [1.54, 1.807) is 7.11 Å². The zero-order valence-corrected chi connectivity index (χ0v) is 18.1. The van der Waals surface area contributed by atoms with E-state index in [4.69, 9.17) is 14.2 Å². The third-order valence-corrected chi connectivity index (χ3v) is 6.30. The van der Waals surface area contributed by atoms with Gasteiger partial charge in [-0.2, -0.15) is 0 Å². The number of hydrogen-bond acceptors (Lipinski definition) is 5. The number of amides is 1. The van der Waals surface area contributed by atoms with E-state index in [2.05, 4.69) is 14.9 Å². The Morgan fingerprint density at radius 2 is 2.03 bits per heavy atom. The highest BCUT2D eigenvalue weighted by Gasteiger charge is 2.26. The zero-order valence-electron chi connectivity index (χ0n) is 18.1. The maximum Gasteiger partial charge on any atom is 0.251 e. The number of fused-ring (bicyclic) bond motifs is 3. The number of carbonyl (C=O) groups excluding carboxylic acids is 1. The number of benzene rings is 1. The highest BCUT2D eigenvalue weighted by molar-refractivity contribution is 5.98. The molecule has 2 heterocycles. The van der Waals surface area contributed by atoms with E-state index in [0.29, 0.717) is 25.4 Å². The van der Waals surface area contributed by atoms with E-state index in [-0.39, 0.29) is 18.1 Å². The van der Waals surface area contributed by atoms with Crippen molar-refractivity contribution in [1.29, 1.82) is 0 Å². The van der Waals surface area contributed by atoms with Gasteiger partial charge in [-0.15, -0.1) is 0 Å². The Morgan fingerprint density at radius 1 is 1.23 bits per heavy atom. The third kappa shape index (κ3) is 4.23. The summed E-state index contributed by atoms with van der Waals surface area (Å²) < 4.78 is 19.0. The highest BCUT2D eigenvalue weighted by Crippen LogP contribution is 2.38. The molecule has 1 aromatic carbocycles. The Bertz CT molecular complexity index is 900. The standard InChI is InChI=1S/C23H31N3O4/c1-15-16(2)22-20(21-13-24-14-26(21)8-9-30-22)12-19(15)23(27)25-17-4-6-18(7-5-17)29-11-10-28-3/h12-14,17-18H,4-11H2,1-3H3,(H,25,27). The minimum atomic E-state index is -0.0162. The molecule has 1 fully saturated rings. The smallest absolute Gasteiger partial charge is 0.251 e. The fourth-order valence-corrected chi connectivity index (χ4v) is 4.41. The van der Waals surface area contributed by atoms with Crippen molar-refractivity contribution < 1.29 is 19.0 Å². The predicted octanol–water partition coefficient (Wildman–Crippen LogP) is 3.26. The van der Waals surface area contributed by atoms with Crippen molar-refractivity contribution in [3.8, 4) is 17.0 Å². The Morgan fingerprint density at radius 3 is 2.80 bits per heavy atom. The van der Waals surface area contributed by atoms with Crippen LogP contribution in [0.15, 0.2) is 18.6 Å². The molecule has 0 saturated heterocycles. The van der Waals surface area contributed by atoms with Gasteiger partial charge in [0.2, 0.25) is 0 Å². The molecule has 30 heavy (non-hydrogen) atoms. The van der Waals surface area contributed by atoms with Gasteiger partial charge in [-0.3, -0.25) is 4.79 Å². The number of carbonyl (C=O) groups is 1. The molecule has 1 aliphatic heterocycles. The summed E-state index contributed by atoms with van der Waals surface area (Å²) in [7, 11) is 1.68. The molecular weight excluding hydrogens is 382 g/mol. The molecule has 0 bridgehead atoms. The average Bonchev–Trinajstić information content (AvgIpc) is 3.14. The first-order chi connectivity index (χ1) is 14.6. The number of hydrogen-bond donors (Lipinski definition) is 1. The Kier molecular flexibility index (Phi) is 6.39. The average molecular weight is 414 g/mol. The van der Waals surface area contributed by atoms with Gasteiger partial charge in [-0.05, 0) is 56.7 Å². The lowest BCUT2D eigenvalue weighted by molar-refractivity contribution is -0.00408. The number of ether oxygens (including phenoxy) is 3. The molecule has 2 aliphatic rings. The first kappa shape index (κ1) is 20.9. The van der Waals surface area contributed by atoms with Crippen molar-refractivity contribution in [3.63, 3.8) is 0 Å². The molecular formula is C23H31N3O4. The molecule has 7 heteroatoms. The Balaban J connectivity index is 1.48. The van der Waals surface area contributed by atoms with Crippen molar-refractivity contribution in [2.24, 2.45) is 0 Å². The summed E-state index contributed by atoms with van der Waals surface area (Å²) in [4.78, 5) is 17.5. The number of rotatable bonds is 6. The minimum Gasteiger partial charge on any atom is -0.491 e. The third-order valence-electron chi connectivity index (χ3n) is 6.30. The van der Waals surface area contributed by atoms with Crippen LogP contribution in [0.2, 0.25) is 0 Å². The summed E-state index contributed by atoms with van der Waals surface area (Å²) >= 11 is 0. The van der Waals surface area contributed by atoms with Crippen LogP contribution in [0.1, 0.15) is 47.2 Å². The first-order valence-corrected chi connectivity index (χ1v) is 10.8. The van der Waals surface area contributed by atoms with Gasteiger partial charge in [0.05, 0.1) is 44.1 Å². The maximum absolute atomic E-state index is 13.2. The highest BCUT2D eigenvalue weighted by atomic mass is 16.5. The fraction of sp³-hybridized carbons (Fsp3) is 0.565. The monoisotopic (exact) mass is 413 g/mol. The van der Waals surface area contributed by atoms with E-state index in [1.807, 2.05) is 32.4 Å². The van der Waals surface area contributed by atoms with Crippen molar-refractivity contribution in [3.05, 3.63) is 35.3 Å². The number of methoxy groups -OCH3 is 1. The summed E-state index contributed by atoms with van der Waals surface area (Å²) in [6.45, 7) is 6.62. The zero-order chi connectivity index (χ0) is 21.1. The van der Waals surface area contributed by atoms with Crippen LogP contribution in [0.4, 0.5) is 0 Å². The molecule has 1 N–H and O–H groups in total. The second-order valence-corrected chi connectivity index (χ2v) is 8.18. The predicted molar refractivity (Wildman–Crippen MR) is 114 cm³/mol. The van der Waals surface area contributed by atoms with Gasteiger partial charge in [0, 0.05) is 24.3 Å². The van der Waals surface area contributed by atoms with Crippen molar-refractivity contribution in [2.45, 2.75) is 58.2 Å². The van der Waals surface area contributed by atoms with Gasteiger partial charge in [-0.25, -0.2) is 4.98 Å². The lowest BCUT2D eigenvalue weighted by Gasteiger charge is -2.29. The van der Waals surface area contributed by atoms with Gasteiger partial charge < -0.3 is 24.1 Å². The molecule has 1 amide bonds. The van der Waals surface area contributed by atoms with E-state index in [9.17, 15) is 4.79 Å². The molecule has 4 rings (SSSR count). The lowest BCUT2D eigenvalue weighted by Crippen LogP contribution is -2.39. The van der Waals surface area contributed by atoms with E-state index < -0.39 is 0 Å². The molecule has 0 unspecified atom stereocenters. The summed E-state index contributed by atoms with van der Waals surface area (Å²) in [6.07, 6.45) is 7.71. The summed E-state index contributed by atoms with van der Waals surface area (Å²) in [5, 5.41) is 3.25. The maximum atomic E-state index is 13.2. The second kappa shape index (κ2) is 9.18. The molecule has 162 valence electrons. The van der Waals surface area contributed by atoms with E-state index in [0.717, 1.165) is 60.4 Å². The van der Waals surface area contributed by atoms with Crippen molar-refractivity contribution in [2.75, 3.05) is 26.9 Å². The molecule has 0 atom stereocenters. The van der Waals surface area contributed by atoms with Crippen LogP contribution in [0.25, 0.3) is 11.3 Å². The van der Waals surface area contributed by atoms with Crippen LogP contribution in [-0.4, -0.2) is 54.5 Å². The summed E-state index contributed by atoms with van der Waals surface area (Å²) in [5.74, 6) is 0.842. The summed E-state index contributed by atoms with van der Waals surface area (Å²) in [6, 6.07) is 2.14. The van der Waals surface area contributed by atoms with Gasteiger partial charge in [-0.1, -0.05) is 0 Å². The fourth-order valence-electron chi connectivity index (χ4n) is 4.41. The van der Waals surface area contributed by atoms with Crippen LogP contribution in [-0.2, 0) is 16.0 Å². The largest absolute Gasteiger partial charge is 0.491 e. The van der Waals surface area contributed by atoms with Gasteiger partial charge in [0.15, 0.2) is 0 Å². The van der Waals surface area contributed by atoms with Crippen LogP contribution in [0.5, 0.6) is 5.75 Å². The van der Waals surface area contributed by atoms with Crippen LogP contribution in [0.3, 0.4) is 0 Å².